The van der Waals surface area contributed by atoms with Crippen molar-refractivity contribution in [2.45, 2.75) is 12.8 Å². The molecule has 0 aromatic heterocycles. The number of hydrogen-bond acceptors (Lipinski definition) is 4. The van der Waals surface area contributed by atoms with Crippen LogP contribution in [0, 0.1) is 45.6 Å². The fourth-order valence-electron chi connectivity index (χ4n) is 6.18. The van der Waals surface area contributed by atoms with Crippen LogP contribution in [-0.4, -0.2) is 16.7 Å². The largest absolute Gasteiger partial charge is 0.277 e. The lowest BCUT2D eigenvalue weighted by Crippen LogP contribution is -2.33. The van der Waals surface area contributed by atoms with Gasteiger partial charge in [-0.3, -0.25) is 19.7 Å². The van der Waals surface area contributed by atoms with Crippen molar-refractivity contribution in [1.29, 1.82) is 0 Å². The summed E-state index contributed by atoms with van der Waals surface area (Å²) in [6, 6.07) is 9.88. The average Bonchev–Trinajstić information content (AvgIpc) is 3.15. The number of imide groups is 1. The van der Waals surface area contributed by atoms with Gasteiger partial charge in [-0.05, 0) is 48.6 Å². The van der Waals surface area contributed by atoms with E-state index < -0.39 is 4.92 Å². The van der Waals surface area contributed by atoms with Crippen LogP contribution < -0.4 is 4.90 Å². The molecular formula is C20H16N2O4. The van der Waals surface area contributed by atoms with Crippen LogP contribution in [0.5, 0.6) is 0 Å². The maximum atomic E-state index is 13.2. The van der Waals surface area contributed by atoms with E-state index in [1.165, 1.54) is 17.4 Å². The number of carbonyl (C=O) groups is 2. The minimum atomic E-state index is -0.428. The molecule has 6 atom stereocenters. The van der Waals surface area contributed by atoms with E-state index >= 15 is 0 Å². The van der Waals surface area contributed by atoms with E-state index in [9.17, 15) is 19.7 Å². The zero-order chi connectivity index (χ0) is 17.7. The van der Waals surface area contributed by atoms with E-state index in [-0.39, 0.29) is 29.3 Å². The van der Waals surface area contributed by atoms with E-state index in [0.29, 0.717) is 40.1 Å². The summed E-state index contributed by atoms with van der Waals surface area (Å²) in [5, 5.41) is 12.4. The van der Waals surface area contributed by atoms with Crippen molar-refractivity contribution in [3.05, 3.63) is 46.5 Å². The summed E-state index contributed by atoms with van der Waals surface area (Å²) >= 11 is 0. The summed E-state index contributed by atoms with van der Waals surface area (Å²) in [6.07, 6.45) is 2.21. The fourth-order valence-corrected chi connectivity index (χ4v) is 6.18. The molecule has 0 unspecified atom stereocenters. The van der Waals surface area contributed by atoms with Gasteiger partial charge in [0.2, 0.25) is 11.8 Å². The highest BCUT2D eigenvalue weighted by molar-refractivity contribution is 6.25. The first-order chi connectivity index (χ1) is 12.6. The van der Waals surface area contributed by atoms with Crippen molar-refractivity contribution in [3.8, 4) is 0 Å². The smallest absolute Gasteiger partial charge is 0.274 e. The SMILES string of the molecule is O=C1[C@@H]2[C@H]3C[C@H]([C@@H]4C[C@@H]43)[C@@H]2C(=O)N1c1ccc([N+](=O)[O-])c2ccccc12. The third-order valence-corrected chi connectivity index (χ3v) is 7.17. The van der Waals surface area contributed by atoms with Crippen LogP contribution in [-0.2, 0) is 9.59 Å². The Labute approximate surface area is 148 Å². The number of hydrogen-bond donors (Lipinski definition) is 0. The lowest BCUT2D eigenvalue weighted by Gasteiger charge is -2.20. The number of anilines is 1. The topological polar surface area (TPSA) is 80.5 Å². The van der Waals surface area contributed by atoms with Gasteiger partial charge in [-0.2, -0.15) is 0 Å². The highest BCUT2D eigenvalue weighted by Crippen LogP contribution is 2.71. The summed E-state index contributed by atoms with van der Waals surface area (Å²) in [5.74, 6) is 1.46. The van der Waals surface area contributed by atoms with Crippen LogP contribution in [0.4, 0.5) is 11.4 Å². The summed E-state index contributed by atoms with van der Waals surface area (Å²) < 4.78 is 0. The first kappa shape index (κ1) is 14.4. The van der Waals surface area contributed by atoms with Crippen molar-refractivity contribution < 1.29 is 14.5 Å². The predicted octanol–water partition coefficient (Wildman–Crippen LogP) is 3.14. The molecule has 0 spiro atoms. The molecule has 3 aliphatic carbocycles. The number of rotatable bonds is 2. The van der Waals surface area contributed by atoms with E-state index in [1.54, 1.807) is 30.3 Å². The first-order valence-electron chi connectivity index (χ1n) is 9.12. The molecule has 6 heteroatoms. The van der Waals surface area contributed by atoms with Crippen LogP contribution in [0.3, 0.4) is 0 Å². The Bertz CT molecular complexity index is 1000. The van der Waals surface area contributed by atoms with Gasteiger partial charge in [-0.15, -0.1) is 0 Å². The number of amides is 2. The van der Waals surface area contributed by atoms with Gasteiger partial charge in [0, 0.05) is 11.5 Å². The second kappa shape index (κ2) is 4.50. The molecule has 1 heterocycles. The lowest BCUT2D eigenvalue weighted by atomic mass is 9.81. The molecule has 1 saturated heterocycles. The normalized spacial score (nSPS) is 36.5. The molecule has 0 radical (unpaired) electrons. The molecule has 6 nitrogen and oxygen atoms in total. The number of nitro groups is 1. The van der Waals surface area contributed by atoms with Crippen LogP contribution in [0.15, 0.2) is 36.4 Å². The maximum Gasteiger partial charge on any atom is 0.277 e. The van der Waals surface area contributed by atoms with E-state index in [4.69, 9.17) is 0 Å². The Morgan fingerprint density at radius 3 is 2.04 bits per heavy atom. The number of benzene rings is 2. The molecular weight excluding hydrogens is 332 g/mol. The Kier molecular flexibility index (Phi) is 2.49. The third kappa shape index (κ3) is 1.54. The second-order valence-electron chi connectivity index (χ2n) is 8.10. The maximum absolute atomic E-state index is 13.2. The minimum absolute atomic E-state index is 0.00930. The second-order valence-corrected chi connectivity index (χ2v) is 8.10. The number of nitro benzene ring substituents is 1. The Morgan fingerprint density at radius 1 is 0.846 bits per heavy atom. The third-order valence-electron chi connectivity index (χ3n) is 7.17. The Balaban J connectivity index is 1.50. The lowest BCUT2D eigenvalue weighted by molar-refractivity contribution is -0.383. The predicted molar refractivity (Wildman–Crippen MR) is 93.3 cm³/mol. The summed E-state index contributed by atoms with van der Waals surface area (Å²) in [7, 11) is 0. The molecule has 3 saturated carbocycles. The van der Waals surface area contributed by atoms with Crippen LogP contribution in [0.2, 0.25) is 0 Å². The van der Waals surface area contributed by atoms with Crippen LogP contribution >= 0.6 is 0 Å². The summed E-state index contributed by atoms with van der Waals surface area (Å²) in [4.78, 5) is 38.6. The van der Waals surface area contributed by atoms with Crippen LogP contribution in [0.25, 0.3) is 10.8 Å². The molecule has 130 valence electrons. The molecule has 2 bridgehead atoms. The van der Waals surface area contributed by atoms with Gasteiger partial charge in [-0.1, -0.05) is 18.2 Å². The van der Waals surface area contributed by atoms with Crippen molar-refractivity contribution in [1.82, 2.24) is 0 Å². The molecule has 1 aliphatic heterocycles. The first-order valence-corrected chi connectivity index (χ1v) is 9.12. The van der Waals surface area contributed by atoms with E-state index in [1.807, 2.05) is 0 Å². The summed E-state index contributed by atoms with van der Waals surface area (Å²) in [6.45, 7) is 0. The number of nitrogens with zero attached hydrogens (tertiary/aromatic N) is 2. The molecule has 26 heavy (non-hydrogen) atoms. The van der Waals surface area contributed by atoms with Crippen molar-refractivity contribution in [2.24, 2.45) is 35.5 Å². The average molecular weight is 348 g/mol. The Morgan fingerprint density at radius 2 is 1.42 bits per heavy atom. The van der Waals surface area contributed by atoms with Crippen LogP contribution in [0.1, 0.15) is 12.8 Å². The molecule has 4 aliphatic rings. The molecule has 2 aromatic rings. The zero-order valence-corrected chi connectivity index (χ0v) is 13.9. The van der Waals surface area contributed by atoms with Gasteiger partial charge in [0.15, 0.2) is 0 Å². The van der Waals surface area contributed by atoms with Crippen molar-refractivity contribution >= 4 is 34.0 Å². The van der Waals surface area contributed by atoms with E-state index in [0.717, 1.165) is 6.42 Å². The van der Waals surface area contributed by atoms with E-state index in [2.05, 4.69) is 0 Å². The van der Waals surface area contributed by atoms with Gasteiger partial charge in [0.1, 0.15) is 0 Å². The minimum Gasteiger partial charge on any atom is -0.274 e. The van der Waals surface area contributed by atoms with Gasteiger partial charge in [0.25, 0.3) is 5.69 Å². The molecule has 2 amide bonds. The number of fused-ring (bicyclic) bond motifs is 9. The van der Waals surface area contributed by atoms with Gasteiger partial charge in [0.05, 0.1) is 27.8 Å². The fraction of sp³-hybridized carbons (Fsp3) is 0.400. The monoisotopic (exact) mass is 348 g/mol. The van der Waals surface area contributed by atoms with Gasteiger partial charge >= 0.3 is 0 Å². The number of carbonyl (C=O) groups excluding carboxylic acids is 2. The standard InChI is InChI=1S/C20H16N2O4/c23-19-17-13-8-14(12-7-11(12)13)18(17)20(24)21(19)15-5-6-16(22(25)26)10-4-2-1-3-9(10)15/h1-6,11-14,17-18H,7-8H2/t11-,12+,13-,14+,17+,18-. The quantitative estimate of drug-likeness (QED) is 0.474. The Hall–Kier alpha value is -2.76. The highest BCUT2D eigenvalue weighted by Gasteiger charge is 2.72. The molecule has 4 fully saturated rings. The molecule has 0 N–H and O–H groups in total. The summed E-state index contributed by atoms with van der Waals surface area (Å²) in [5.41, 5.74) is 0.480. The highest BCUT2D eigenvalue weighted by atomic mass is 16.6. The van der Waals surface area contributed by atoms with Crippen molar-refractivity contribution in [3.63, 3.8) is 0 Å². The van der Waals surface area contributed by atoms with Gasteiger partial charge in [-0.25, -0.2) is 4.90 Å². The zero-order valence-electron chi connectivity index (χ0n) is 13.9. The molecule has 2 aromatic carbocycles. The van der Waals surface area contributed by atoms with Crippen molar-refractivity contribution in [2.75, 3.05) is 4.90 Å². The molecule has 6 rings (SSSR count). The number of non-ortho nitro benzene ring substituents is 1. The van der Waals surface area contributed by atoms with Gasteiger partial charge < -0.3 is 0 Å².